The van der Waals surface area contributed by atoms with E-state index in [1.165, 1.54) is 5.56 Å². The molecule has 1 rings (SSSR count). The smallest absolute Gasteiger partial charge is 0.0700 e. The Bertz CT molecular complexity index is 346. The highest BCUT2D eigenvalue weighted by Crippen LogP contribution is 2.19. The van der Waals surface area contributed by atoms with E-state index in [2.05, 4.69) is 56.4 Å². The molecular formula is C17H29NO2. The Labute approximate surface area is 123 Å². The zero-order valence-corrected chi connectivity index (χ0v) is 13.3. The van der Waals surface area contributed by atoms with Crippen molar-refractivity contribution in [2.24, 2.45) is 0 Å². The summed E-state index contributed by atoms with van der Waals surface area (Å²) in [7, 11) is 1.70. The van der Waals surface area contributed by atoms with Crippen LogP contribution in [0, 0.1) is 0 Å². The maximum atomic E-state index is 5.61. The molecule has 0 saturated heterocycles. The third kappa shape index (κ3) is 7.63. The maximum absolute atomic E-state index is 5.61. The summed E-state index contributed by atoms with van der Waals surface area (Å²) in [5, 5.41) is 3.59. The number of methoxy groups -OCH3 is 1. The van der Waals surface area contributed by atoms with Gasteiger partial charge in [0.1, 0.15) is 0 Å². The average molecular weight is 279 g/mol. The van der Waals surface area contributed by atoms with E-state index in [-0.39, 0.29) is 5.54 Å². The molecular weight excluding hydrogens is 250 g/mol. The molecule has 1 aromatic rings. The Morgan fingerprint density at radius 2 is 1.75 bits per heavy atom. The Morgan fingerprint density at radius 1 is 1.05 bits per heavy atom. The first-order valence-corrected chi connectivity index (χ1v) is 7.39. The molecule has 20 heavy (non-hydrogen) atoms. The van der Waals surface area contributed by atoms with Crippen molar-refractivity contribution in [3.8, 4) is 0 Å². The van der Waals surface area contributed by atoms with Gasteiger partial charge in [-0.1, -0.05) is 30.3 Å². The molecule has 3 heteroatoms. The standard InChI is InChI=1S/C17H29NO2/c1-17(2,3)18-14-16(10-11-20-13-12-19-4)15-8-6-5-7-9-15/h5-9,16,18H,10-14H2,1-4H3. The number of rotatable bonds is 9. The summed E-state index contributed by atoms with van der Waals surface area (Å²) in [6, 6.07) is 10.7. The van der Waals surface area contributed by atoms with Crippen molar-refractivity contribution in [2.75, 3.05) is 33.5 Å². The van der Waals surface area contributed by atoms with E-state index < -0.39 is 0 Å². The van der Waals surface area contributed by atoms with E-state index in [1.807, 2.05) is 0 Å². The van der Waals surface area contributed by atoms with Gasteiger partial charge in [-0.25, -0.2) is 0 Å². The molecule has 0 heterocycles. The molecule has 0 saturated carbocycles. The highest BCUT2D eigenvalue weighted by molar-refractivity contribution is 5.19. The van der Waals surface area contributed by atoms with E-state index in [4.69, 9.17) is 9.47 Å². The molecule has 0 aliphatic rings. The van der Waals surface area contributed by atoms with Gasteiger partial charge in [-0.3, -0.25) is 0 Å². The van der Waals surface area contributed by atoms with Crippen molar-refractivity contribution in [3.63, 3.8) is 0 Å². The fourth-order valence-electron chi connectivity index (χ4n) is 2.01. The molecule has 0 aromatic heterocycles. The molecule has 0 spiro atoms. The van der Waals surface area contributed by atoms with Crippen molar-refractivity contribution in [1.29, 1.82) is 0 Å². The molecule has 0 aliphatic carbocycles. The van der Waals surface area contributed by atoms with E-state index in [1.54, 1.807) is 7.11 Å². The quantitative estimate of drug-likeness (QED) is 0.704. The maximum Gasteiger partial charge on any atom is 0.0700 e. The Balaban J connectivity index is 2.47. The third-order valence-electron chi connectivity index (χ3n) is 3.19. The number of nitrogens with one attached hydrogen (secondary N) is 1. The second-order valence-corrected chi connectivity index (χ2v) is 6.13. The van der Waals surface area contributed by atoms with Crippen LogP contribution in [0.25, 0.3) is 0 Å². The molecule has 114 valence electrons. The van der Waals surface area contributed by atoms with E-state index in [0.29, 0.717) is 19.1 Å². The van der Waals surface area contributed by atoms with Crippen molar-refractivity contribution < 1.29 is 9.47 Å². The predicted molar refractivity (Wildman–Crippen MR) is 84.3 cm³/mol. The Morgan fingerprint density at radius 3 is 2.35 bits per heavy atom. The topological polar surface area (TPSA) is 30.5 Å². The molecule has 0 amide bonds. The second kappa shape index (κ2) is 9.11. The van der Waals surface area contributed by atoms with Gasteiger partial charge < -0.3 is 14.8 Å². The molecule has 0 fully saturated rings. The number of ether oxygens (including phenoxy) is 2. The molecule has 0 aliphatic heterocycles. The third-order valence-corrected chi connectivity index (χ3v) is 3.19. The highest BCUT2D eigenvalue weighted by atomic mass is 16.5. The molecule has 1 atom stereocenters. The van der Waals surface area contributed by atoms with Crippen LogP contribution in [0.1, 0.15) is 38.7 Å². The van der Waals surface area contributed by atoms with E-state index in [9.17, 15) is 0 Å². The van der Waals surface area contributed by atoms with Gasteiger partial charge >= 0.3 is 0 Å². The van der Waals surface area contributed by atoms with E-state index in [0.717, 1.165) is 19.6 Å². The summed E-state index contributed by atoms with van der Waals surface area (Å²) < 4.78 is 10.6. The summed E-state index contributed by atoms with van der Waals surface area (Å²) in [5.74, 6) is 0.484. The van der Waals surface area contributed by atoms with Gasteiger partial charge in [0.25, 0.3) is 0 Å². The largest absolute Gasteiger partial charge is 0.382 e. The molecule has 0 radical (unpaired) electrons. The van der Waals surface area contributed by atoms with Gasteiger partial charge in [0, 0.05) is 25.8 Å². The lowest BCUT2D eigenvalue weighted by Crippen LogP contribution is -2.38. The number of hydrogen-bond acceptors (Lipinski definition) is 3. The van der Waals surface area contributed by atoms with Crippen molar-refractivity contribution in [3.05, 3.63) is 35.9 Å². The van der Waals surface area contributed by atoms with Crippen LogP contribution in [0.5, 0.6) is 0 Å². The predicted octanol–water partition coefficient (Wildman–Crippen LogP) is 3.21. The lowest BCUT2D eigenvalue weighted by molar-refractivity contribution is 0.0667. The molecule has 1 unspecified atom stereocenters. The lowest BCUT2D eigenvalue weighted by Gasteiger charge is -2.25. The van der Waals surface area contributed by atoms with Crippen LogP contribution in [-0.2, 0) is 9.47 Å². The summed E-state index contributed by atoms with van der Waals surface area (Å²) in [5.41, 5.74) is 1.52. The van der Waals surface area contributed by atoms with Gasteiger partial charge in [-0.05, 0) is 38.7 Å². The minimum atomic E-state index is 0.143. The fourth-order valence-corrected chi connectivity index (χ4v) is 2.01. The van der Waals surface area contributed by atoms with Crippen LogP contribution in [0.2, 0.25) is 0 Å². The van der Waals surface area contributed by atoms with Crippen LogP contribution in [0.4, 0.5) is 0 Å². The van der Waals surface area contributed by atoms with Crippen LogP contribution in [-0.4, -0.2) is 39.0 Å². The Kier molecular flexibility index (Phi) is 7.82. The minimum Gasteiger partial charge on any atom is -0.382 e. The minimum absolute atomic E-state index is 0.143. The average Bonchev–Trinajstić information content (AvgIpc) is 2.42. The van der Waals surface area contributed by atoms with Crippen LogP contribution >= 0.6 is 0 Å². The van der Waals surface area contributed by atoms with Gasteiger partial charge in [0.15, 0.2) is 0 Å². The SMILES string of the molecule is COCCOCCC(CNC(C)(C)C)c1ccccc1. The molecule has 1 N–H and O–H groups in total. The lowest BCUT2D eigenvalue weighted by atomic mass is 9.95. The first kappa shape index (κ1) is 17.2. The summed E-state index contributed by atoms with van der Waals surface area (Å²) in [6.07, 6.45) is 1.02. The molecule has 1 aromatic carbocycles. The fraction of sp³-hybridized carbons (Fsp3) is 0.647. The highest BCUT2D eigenvalue weighted by Gasteiger charge is 2.15. The zero-order valence-electron chi connectivity index (χ0n) is 13.3. The summed E-state index contributed by atoms with van der Waals surface area (Å²) in [6.45, 7) is 9.68. The summed E-state index contributed by atoms with van der Waals surface area (Å²) in [4.78, 5) is 0. The summed E-state index contributed by atoms with van der Waals surface area (Å²) >= 11 is 0. The van der Waals surface area contributed by atoms with Gasteiger partial charge in [0.05, 0.1) is 13.2 Å². The van der Waals surface area contributed by atoms with Gasteiger partial charge in [0.2, 0.25) is 0 Å². The van der Waals surface area contributed by atoms with Crippen LogP contribution < -0.4 is 5.32 Å². The van der Waals surface area contributed by atoms with Crippen molar-refractivity contribution in [1.82, 2.24) is 5.32 Å². The van der Waals surface area contributed by atoms with E-state index >= 15 is 0 Å². The number of benzene rings is 1. The first-order valence-electron chi connectivity index (χ1n) is 7.39. The van der Waals surface area contributed by atoms with Crippen LogP contribution in [0.15, 0.2) is 30.3 Å². The second-order valence-electron chi connectivity index (χ2n) is 6.13. The zero-order chi connectivity index (χ0) is 14.8. The van der Waals surface area contributed by atoms with Crippen LogP contribution in [0.3, 0.4) is 0 Å². The first-order chi connectivity index (χ1) is 9.53. The monoisotopic (exact) mass is 279 g/mol. The van der Waals surface area contributed by atoms with Gasteiger partial charge in [-0.15, -0.1) is 0 Å². The molecule has 3 nitrogen and oxygen atoms in total. The number of hydrogen-bond donors (Lipinski definition) is 1. The van der Waals surface area contributed by atoms with Gasteiger partial charge in [-0.2, -0.15) is 0 Å². The van der Waals surface area contributed by atoms with Crippen molar-refractivity contribution in [2.45, 2.75) is 38.6 Å². The Hall–Kier alpha value is -0.900. The molecule has 0 bridgehead atoms. The van der Waals surface area contributed by atoms with Crippen molar-refractivity contribution >= 4 is 0 Å². The normalized spacial score (nSPS) is 13.4.